The van der Waals surface area contributed by atoms with Crippen molar-refractivity contribution in [3.63, 3.8) is 0 Å². The molecule has 204 valence electrons. The third-order valence-electron chi connectivity index (χ3n) is 9.71. The van der Waals surface area contributed by atoms with E-state index in [0.29, 0.717) is 0 Å². The summed E-state index contributed by atoms with van der Waals surface area (Å²) in [6.07, 6.45) is 0. The average Bonchev–Trinajstić information content (AvgIpc) is 3.52. The largest absolute Gasteiger partial charge is 0.327 e. The van der Waals surface area contributed by atoms with Crippen molar-refractivity contribution in [1.82, 2.24) is 9.55 Å². The van der Waals surface area contributed by atoms with Gasteiger partial charge in [0, 0.05) is 18.0 Å². The number of para-hydroxylation sites is 2. The predicted octanol–water partition coefficient (Wildman–Crippen LogP) is 10.7. The van der Waals surface area contributed by atoms with Crippen LogP contribution in [0, 0.1) is 0 Å². The highest BCUT2D eigenvalue weighted by atomic mass is 15.1. The summed E-state index contributed by atoms with van der Waals surface area (Å²) in [6, 6.07) is 46.7. The fourth-order valence-corrected chi connectivity index (χ4v) is 7.83. The molecule has 0 radical (unpaired) electrons. The summed E-state index contributed by atoms with van der Waals surface area (Å²) in [4.78, 5) is 4.95. The van der Waals surface area contributed by atoms with Gasteiger partial charge in [0.1, 0.15) is 5.82 Å². The standard InChI is InChI=1S/C41H30N2/c1-41(2)38-29-21-19-26(25-11-10-12-28(24-25)40-42-35-17-8-9-18-36(35)43(40)3)23-27(29)20-22-34(38)37-32-15-6-4-13-30(32)31-14-5-7-16-33(31)39(37)41/h4-24H,1-3H3. The molecule has 9 rings (SSSR count). The quantitative estimate of drug-likeness (QED) is 0.196. The Labute approximate surface area is 250 Å². The van der Waals surface area contributed by atoms with Gasteiger partial charge in [-0.2, -0.15) is 0 Å². The topological polar surface area (TPSA) is 17.8 Å². The van der Waals surface area contributed by atoms with Gasteiger partial charge in [0.05, 0.1) is 11.0 Å². The molecule has 0 fully saturated rings. The van der Waals surface area contributed by atoms with Crippen molar-refractivity contribution in [1.29, 1.82) is 0 Å². The van der Waals surface area contributed by atoms with E-state index in [1.54, 1.807) is 0 Å². The van der Waals surface area contributed by atoms with Crippen molar-refractivity contribution in [3.05, 3.63) is 139 Å². The molecule has 7 aromatic carbocycles. The predicted molar refractivity (Wildman–Crippen MR) is 182 cm³/mol. The van der Waals surface area contributed by atoms with E-state index >= 15 is 0 Å². The summed E-state index contributed by atoms with van der Waals surface area (Å²) >= 11 is 0. The fraction of sp³-hybridized carbons (Fsp3) is 0.0976. The summed E-state index contributed by atoms with van der Waals surface area (Å²) in [5, 5.41) is 7.99. The van der Waals surface area contributed by atoms with Gasteiger partial charge in [0.2, 0.25) is 0 Å². The van der Waals surface area contributed by atoms with E-state index in [1.165, 1.54) is 65.7 Å². The molecule has 0 aliphatic heterocycles. The van der Waals surface area contributed by atoms with E-state index in [9.17, 15) is 0 Å². The lowest BCUT2D eigenvalue weighted by molar-refractivity contribution is 0.672. The van der Waals surface area contributed by atoms with Gasteiger partial charge in [-0.15, -0.1) is 0 Å². The van der Waals surface area contributed by atoms with E-state index in [2.05, 4.69) is 147 Å². The molecule has 43 heavy (non-hydrogen) atoms. The first-order valence-electron chi connectivity index (χ1n) is 15.0. The van der Waals surface area contributed by atoms with Crippen LogP contribution in [0.2, 0.25) is 0 Å². The summed E-state index contributed by atoms with van der Waals surface area (Å²) in [7, 11) is 2.10. The van der Waals surface area contributed by atoms with Gasteiger partial charge >= 0.3 is 0 Å². The van der Waals surface area contributed by atoms with Crippen molar-refractivity contribution in [2.24, 2.45) is 7.05 Å². The van der Waals surface area contributed by atoms with Crippen molar-refractivity contribution in [2.45, 2.75) is 19.3 Å². The molecule has 2 nitrogen and oxygen atoms in total. The molecule has 1 aliphatic rings. The van der Waals surface area contributed by atoms with Gasteiger partial charge in [-0.3, -0.25) is 0 Å². The maximum atomic E-state index is 4.95. The summed E-state index contributed by atoms with van der Waals surface area (Å²) < 4.78 is 2.19. The molecule has 0 N–H and O–H groups in total. The third kappa shape index (κ3) is 3.32. The van der Waals surface area contributed by atoms with Gasteiger partial charge in [-0.25, -0.2) is 4.98 Å². The van der Waals surface area contributed by atoms with Crippen LogP contribution in [0.5, 0.6) is 0 Å². The summed E-state index contributed by atoms with van der Waals surface area (Å²) in [5.41, 5.74) is 11.2. The monoisotopic (exact) mass is 550 g/mol. The number of aryl methyl sites for hydroxylation is 1. The van der Waals surface area contributed by atoms with Crippen molar-refractivity contribution in [2.75, 3.05) is 0 Å². The molecule has 0 saturated heterocycles. The Kier molecular flexibility index (Phi) is 4.91. The minimum atomic E-state index is -0.130. The number of imidazole rings is 1. The maximum absolute atomic E-state index is 4.95. The van der Waals surface area contributed by atoms with Crippen LogP contribution in [-0.2, 0) is 12.5 Å². The molecule has 8 aromatic rings. The number of aromatic nitrogens is 2. The first-order valence-corrected chi connectivity index (χ1v) is 15.0. The number of hydrogen-bond donors (Lipinski definition) is 0. The van der Waals surface area contributed by atoms with E-state index in [0.717, 1.165) is 22.4 Å². The second-order valence-corrected chi connectivity index (χ2v) is 12.5. The molecular weight excluding hydrogens is 520 g/mol. The Morgan fingerprint density at radius 3 is 2.02 bits per heavy atom. The second-order valence-electron chi connectivity index (χ2n) is 12.5. The number of hydrogen-bond acceptors (Lipinski definition) is 1. The molecule has 0 bridgehead atoms. The number of benzene rings is 7. The Morgan fingerprint density at radius 2 is 1.21 bits per heavy atom. The molecule has 0 unspecified atom stereocenters. The lowest BCUT2D eigenvalue weighted by Gasteiger charge is -2.25. The van der Waals surface area contributed by atoms with Crippen LogP contribution < -0.4 is 0 Å². The Hall–Kier alpha value is -5.21. The van der Waals surface area contributed by atoms with Crippen molar-refractivity contribution in [3.8, 4) is 33.6 Å². The van der Waals surface area contributed by atoms with Crippen molar-refractivity contribution < 1.29 is 0 Å². The highest BCUT2D eigenvalue weighted by Crippen LogP contribution is 2.56. The van der Waals surface area contributed by atoms with Crippen LogP contribution in [0.1, 0.15) is 25.0 Å². The maximum Gasteiger partial charge on any atom is 0.140 e. The molecule has 1 aromatic heterocycles. The average molecular weight is 551 g/mol. The third-order valence-corrected chi connectivity index (χ3v) is 9.71. The number of nitrogens with zero attached hydrogens (tertiary/aromatic N) is 2. The Morgan fingerprint density at radius 1 is 0.535 bits per heavy atom. The zero-order valence-corrected chi connectivity index (χ0v) is 24.5. The molecule has 1 heterocycles. The number of fused-ring (bicyclic) bond motifs is 11. The zero-order valence-electron chi connectivity index (χ0n) is 24.5. The normalized spacial score (nSPS) is 13.7. The Bertz CT molecular complexity index is 2440. The van der Waals surface area contributed by atoms with Crippen LogP contribution >= 0.6 is 0 Å². The molecule has 0 spiro atoms. The highest BCUT2D eigenvalue weighted by molar-refractivity contribution is 6.19. The lowest BCUT2D eigenvalue weighted by Crippen LogP contribution is -2.16. The van der Waals surface area contributed by atoms with Crippen LogP contribution in [0.3, 0.4) is 0 Å². The summed E-state index contributed by atoms with van der Waals surface area (Å²) in [5.74, 6) is 0.987. The lowest BCUT2D eigenvalue weighted by atomic mass is 9.77. The van der Waals surface area contributed by atoms with E-state index in [4.69, 9.17) is 4.98 Å². The van der Waals surface area contributed by atoms with Crippen LogP contribution in [0.15, 0.2) is 127 Å². The van der Waals surface area contributed by atoms with Crippen molar-refractivity contribution >= 4 is 43.4 Å². The van der Waals surface area contributed by atoms with Crippen LogP contribution in [-0.4, -0.2) is 9.55 Å². The van der Waals surface area contributed by atoms with Crippen LogP contribution in [0.25, 0.3) is 77.0 Å². The first-order chi connectivity index (χ1) is 21.0. The molecule has 2 heteroatoms. The Balaban J connectivity index is 1.22. The molecule has 0 atom stereocenters. The van der Waals surface area contributed by atoms with E-state index < -0.39 is 0 Å². The van der Waals surface area contributed by atoms with Gasteiger partial charge < -0.3 is 4.57 Å². The number of rotatable bonds is 2. The highest BCUT2D eigenvalue weighted by Gasteiger charge is 2.39. The van der Waals surface area contributed by atoms with Gasteiger partial charge in [-0.1, -0.05) is 117 Å². The van der Waals surface area contributed by atoms with E-state index in [-0.39, 0.29) is 5.41 Å². The van der Waals surface area contributed by atoms with Gasteiger partial charge in [0.25, 0.3) is 0 Å². The molecule has 0 amide bonds. The van der Waals surface area contributed by atoms with E-state index in [1.807, 2.05) is 6.07 Å². The second kappa shape index (κ2) is 8.65. The SMILES string of the molecule is Cn1c(-c2cccc(-c3ccc4c5c(ccc4c3)-c3c(c4ccccc4c4ccccc34)C5(C)C)c2)nc2ccccc21. The van der Waals surface area contributed by atoms with Gasteiger partial charge in [0.15, 0.2) is 0 Å². The fourth-order valence-electron chi connectivity index (χ4n) is 7.83. The molecule has 1 aliphatic carbocycles. The van der Waals surface area contributed by atoms with Crippen LogP contribution in [0.4, 0.5) is 0 Å². The molecular formula is C41H30N2. The minimum Gasteiger partial charge on any atom is -0.327 e. The van der Waals surface area contributed by atoms with Gasteiger partial charge in [-0.05, 0) is 90.0 Å². The minimum absolute atomic E-state index is 0.130. The summed E-state index contributed by atoms with van der Waals surface area (Å²) in [6.45, 7) is 4.82. The smallest absolute Gasteiger partial charge is 0.140 e. The first kappa shape index (κ1) is 24.4. The zero-order chi connectivity index (χ0) is 28.9. The molecule has 0 saturated carbocycles.